The molecule has 0 spiro atoms. The second kappa shape index (κ2) is 9.22. The van der Waals surface area contributed by atoms with E-state index in [0.29, 0.717) is 12.3 Å². The molecule has 24 heavy (non-hydrogen) atoms. The summed E-state index contributed by atoms with van der Waals surface area (Å²) in [5.41, 5.74) is 4.65. The van der Waals surface area contributed by atoms with Gasteiger partial charge in [0.15, 0.2) is 5.78 Å². The van der Waals surface area contributed by atoms with Gasteiger partial charge in [0.05, 0.1) is 0 Å². The largest absolute Gasteiger partial charge is 0.294 e. The lowest BCUT2D eigenvalue weighted by Gasteiger charge is -2.05. The summed E-state index contributed by atoms with van der Waals surface area (Å²) in [7, 11) is 0. The van der Waals surface area contributed by atoms with Gasteiger partial charge in [0.25, 0.3) is 0 Å². The average molecular weight is 320 g/mol. The zero-order chi connectivity index (χ0) is 17.4. The van der Waals surface area contributed by atoms with Crippen molar-refractivity contribution in [2.75, 3.05) is 0 Å². The molecule has 1 nitrogen and oxygen atoms in total. The van der Waals surface area contributed by atoms with Crippen molar-refractivity contribution in [1.82, 2.24) is 0 Å². The predicted molar refractivity (Wildman–Crippen MR) is 103 cm³/mol. The molecule has 0 atom stereocenters. The fourth-order valence-electron chi connectivity index (χ4n) is 2.57. The third kappa shape index (κ3) is 6.16. The molecule has 0 aliphatic heterocycles. The van der Waals surface area contributed by atoms with Crippen molar-refractivity contribution in [2.24, 2.45) is 5.92 Å². The summed E-state index contributed by atoms with van der Waals surface area (Å²) in [5.74, 6) is 0.836. The second-order valence-electron chi connectivity index (χ2n) is 6.90. The minimum atomic E-state index is 0.259. The maximum Gasteiger partial charge on any atom is 0.162 e. The van der Waals surface area contributed by atoms with Crippen molar-refractivity contribution in [1.29, 1.82) is 0 Å². The summed E-state index contributed by atoms with van der Waals surface area (Å²) in [4.78, 5) is 12.1. The molecule has 0 unspecified atom stereocenters. The Hall–Kier alpha value is -2.15. The Morgan fingerprint density at radius 2 is 1.67 bits per heavy atom. The molecule has 0 N–H and O–H groups in total. The van der Waals surface area contributed by atoms with Gasteiger partial charge in [0.1, 0.15) is 0 Å². The fraction of sp³-hybridized carbons (Fsp3) is 0.348. The molecule has 0 amide bonds. The first kappa shape index (κ1) is 18.2. The topological polar surface area (TPSA) is 17.1 Å². The third-order valence-corrected chi connectivity index (χ3v) is 4.21. The van der Waals surface area contributed by atoms with Crippen LogP contribution in [0.1, 0.15) is 60.2 Å². The minimum Gasteiger partial charge on any atom is -0.294 e. The maximum atomic E-state index is 12.1. The first-order valence-electron chi connectivity index (χ1n) is 8.90. The summed E-state index contributed by atoms with van der Waals surface area (Å²) in [6, 6.07) is 16.7. The van der Waals surface area contributed by atoms with Crippen LogP contribution in [0.3, 0.4) is 0 Å². The van der Waals surface area contributed by atoms with Gasteiger partial charge in [-0.1, -0.05) is 80.1 Å². The number of benzene rings is 2. The molecule has 0 aromatic heterocycles. The van der Waals surface area contributed by atoms with Crippen LogP contribution in [0.15, 0.2) is 54.6 Å². The monoisotopic (exact) mass is 320 g/mol. The predicted octanol–water partition coefficient (Wildman–Crippen LogP) is 6.26. The van der Waals surface area contributed by atoms with E-state index >= 15 is 0 Å². The van der Waals surface area contributed by atoms with Gasteiger partial charge < -0.3 is 0 Å². The van der Waals surface area contributed by atoms with E-state index in [4.69, 9.17) is 0 Å². The fourth-order valence-corrected chi connectivity index (χ4v) is 2.57. The summed E-state index contributed by atoms with van der Waals surface area (Å²) >= 11 is 0. The lowest BCUT2D eigenvalue weighted by atomic mass is 9.99. The second-order valence-corrected chi connectivity index (χ2v) is 6.90. The highest BCUT2D eigenvalue weighted by Gasteiger charge is 2.06. The smallest absolute Gasteiger partial charge is 0.162 e. The number of hydrogen-bond acceptors (Lipinski definition) is 1. The first-order chi connectivity index (χ1) is 11.5. The standard InChI is InChI=1S/C23H28O/c1-18(2)8-17-23(24)22-15-13-21(14-16-22)7-5-4-6-20-11-9-19(3)10-12-20/h4,6,9-16,18H,5,7-8,17H2,1-3H3/b6-4-. The van der Waals surface area contributed by atoms with E-state index in [1.807, 2.05) is 12.1 Å². The van der Waals surface area contributed by atoms with Crippen LogP contribution in [0.25, 0.3) is 6.08 Å². The van der Waals surface area contributed by atoms with Crippen molar-refractivity contribution >= 4 is 11.9 Å². The molecule has 0 heterocycles. The molecule has 0 aliphatic rings. The van der Waals surface area contributed by atoms with Gasteiger partial charge in [0, 0.05) is 12.0 Å². The molecule has 0 saturated carbocycles. The number of carbonyl (C=O) groups excluding carboxylic acids is 1. The van der Waals surface area contributed by atoms with E-state index in [0.717, 1.165) is 24.8 Å². The Balaban J connectivity index is 1.81. The van der Waals surface area contributed by atoms with Crippen molar-refractivity contribution in [3.63, 3.8) is 0 Å². The van der Waals surface area contributed by atoms with Crippen LogP contribution in [-0.4, -0.2) is 5.78 Å². The number of Topliss-reactive ketones (excluding diaryl/α,β-unsaturated/α-hetero) is 1. The van der Waals surface area contributed by atoms with Gasteiger partial charge >= 0.3 is 0 Å². The number of hydrogen-bond donors (Lipinski definition) is 0. The van der Waals surface area contributed by atoms with Gasteiger partial charge in [-0.25, -0.2) is 0 Å². The van der Waals surface area contributed by atoms with Gasteiger partial charge in [-0.3, -0.25) is 4.79 Å². The molecule has 0 fully saturated rings. The maximum absolute atomic E-state index is 12.1. The van der Waals surface area contributed by atoms with E-state index in [1.165, 1.54) is 16.7 Å². The molecular formula is C23H28O. The van der Waals surface area contributed by atoms with Gasteiger partial charge in [-0.05, 0) is 43.2 Å². The highest BCUT2D eigenvalue weighted by molar-refractivity contribution is 5.96. The SMILES string of the molecule is Cc1ccc(/C=C\CCc2ccc(C(=O)CCC(C)C)cc2)cc1. The number of rotatable bonds is 8. The third-order valence-electron chi connectivity index (χ3n) is 4.21. The van der Waals surface area contributed by atoms with Crippen LogP contribution in [0.2, 0.25) is 0 Å². The number of aryl methyl sites for hydroxylation is 2. The molecular weight excluding hydrogens is 292 g/mol. The number of allylic oxidation sites excluding steroid dienone is 1. The molecule has 1 heteroatoms. The van der Waals surface area contributed by atoms with Gasteiger partial charge in [-0.2, -0.15) is 0 Å². The van der Waals surface area contributed by atoms with E-state index in [1.54, 1.807) is 0 Å². The zero-order valence-electron chi connectivity index (χ0n) is 15.1. The Kier molecular flexibility index (Phi) is 6.99. The van der Waals surface area contributed by atoms with Gasteiger partial charge in [0.2, 0.25) is 0 Å². The Labute approximate surface area is 146 Å². The lowest BCUT2D eigenvalue weighted by Crippen LogP contribution is -2.01. The van der Waals surface area contributed by atoms with Crippen molar-refractivity contribution < 1.29 is 4.79 Å². The van der Waals surface area contributed by atoms with Gasteiger partial charge in [-0.15, -0.1) is 0 Å². The molecule has 0 bridgehead atoms. The van der Waals surface area contributed by atoms with Crippen LogP contribution in [0.5, 0.6) is 0 Å². The van der Waals surface area contributed by atoms with E-state index in [2.05, 4.69) is 69.3 Å². The average Bonchev–Trinajstić information content (AvgIpc) is 2.58. The normalized spacial score (nSPS) is 11.3. The van der Waals surface area contributed by atoms with Crippen LogP contribution in [0, 0.1) is 12.8 Å². The van der Waals surface area contributed by atoms with Crippen molar-refractivity contribution in [2.45, 2.75) is 46.5 Å². The molecule has 0 saturated heterocycles. The molecule has 126 valence electrons. The van der Waals surface area contributed by atoms with Crippen molar-refractivity contribution in [3.8, 4) is 0 Å². The highest BCUT2D eigenvalue weighted by atomic mass is 16.1. The zero-order valence-corrected chi connectivity index (χ0v) is 15.1. The van der Waals surface area contributed by atoms with Crippen LogP contribution in [0.4, 0.5) is 0 Å². The number of carbonyl (C=O) groups is 1. The molecule has 0 radical (unpaired) electrons. The van der Waals surface area contributed by atoms with E-state index < -0.39 is 0 Å². The molecule has 2 rings (SSSR count). The summed E-state index contributed by atoms with van der Waals surface area (Å²) in [6.07, 6.45) is 8.01. The van der Waals surface area contributed by atoms with E-state index in [9.17, 15) is 4.79 Å². The molecule has 2 aromatic rings. The Morgan fingerprint density at radius 1 is 1.00 bits per heavy atom. The van der Waals surface area contributed by atoms with Crippen molar-refractivity contribution in [3.05, 3.63) is 76.9 Å². The molecule has 0 aliphatic carbocycles. The minimum absolute atomic E-state index is 0.259. The Morgan fingerprint density at radius 3 is 2.29 bits per heavy atom. The summed E-state index contributed by atoms with van der Waals surface area (Å²) in [5, 5.41) is 0. The quantitative estimate of drug-likeness (QED) is 0.525. The van der Waals surface area contributed by atoms with Crippen LogP contribution >= 0.6 is 0 Å². The first-order valence-corrected chi connectivity index (χ1v) is 8.90. The van der Waals surface area contributed by atoms with Crippen LogP contribution in [-0.2, 0) is 6.42 Å². The van der Waals surface area contributed by atoms with E-state index in [-0.39, 0.29) is 5.78 Å². The summed E-state index contributed by atoms with van der Waals surface area (Å²) in [6.45, 7) is 6.41. The number of ketones is 1. The Bertz CT molecular complexity index is 660. The lowest BCUT2D eigenvalue weighted by molar-refractivity contribution is 0.0975. The highest BCUT2D eigenvalue weighted by Crippen LogP contribution is 2.13. The summed E-state index contributed by atoms with van der Waals surface area (Å²) < 4.78 is 0. The van der Waals surface area contributed by atoms with Crippen LogP contribution < -0.4 is 0 Å². The molecule has 2 aromatic carbocycles.